The summed E-state index contributed by atoms with van der Waals surface area (Å²) in [5.74, 6) is 2.63. The molecule has 0 bridgehead atoms. The van der Waals surface area contributed by atoms with Crippen LogP contribution in [0.15, 0.2) is 64.3 Å². The van der Waals surface area contributed by atoms with Crippen LogP contribution in [0.4, 0.5) is 3.89 Å². The summed E-state index contributed by atoms with van der Waals surface area (Å²) in [6.07, 6.45) is 6.18. The van der Waals surface area contributed by atoms with Crippen molar-refractivity contribution in [2.75, 3.05) is 0 Å². The van der Waals surface area contributed by atoms with Gasteiger partial charge in [0.1, 0.15) is 5.65 Å². The van der Waals surface area contributed by atoms with Crippen molar-refractivity contribution in [3.8, 4) is 23.5 Å². The van der Waals surface area contributed by atoms with Crippen molar-refractivity contribution < 1.29 is 12.3 Å². The first-order chi connectivity index (χ1) is 16.6. The van der Waals surface area contributed by atoms with Gasteiger partial charge in [-0.05, 0) is 73.4 Å². The number of halogens is 1. The van der Waals surface area contributed by atoms with E-state index in [1.165, 1.54) is 18.2 Å². The largest absolute Gasteiger partial charge is 0.340 e. The molecule has 0 saturated heterocycles. The van der Waals surface area contributed by atoms with Crippen molar-refractivity contribution >= 4 is 43.1 Å². The summed E-state index contributed by atoms with van der Waals surface area (Å²) in [4.78, 5) is 16.8. The molecule has 0 fully saturated rings. The topological polar surface area (TPSA) is 71.9 Å². The minimum Gasteiger partial charge on any atom is -0.340 e. The van der Waals surface area contributed by atoms with Gasteiger partial charge in [-0.1, -0.05) is 31.0 Å². The van der Waals surface area contributed by atoms with E-state index in [0.29, 0.717) is 33.9 Å². The third-order valence-corrected chi connectivity index (χ3v) is 7.28. The number of aromatic amines is 1. The number of hydrogen-bond acceptors (Lipinski definition) is 3. The van der Waals surface area contributed by atoms with Crippen molar-refractivity contribution in [3.63, 3.8) is 0 Å². The number of nitrogens with zero attached hydrogens (tertiary/aromatic N) is 1. The third kappa shape index (κ3) is 3.62. The minimum atomic E-state index is -4.85. The van der Waals surface area contributed by atoms with Crippen LogP contribution in [0.1, 0.15) is 37.9 Å². The Bertz CT molecular complexity index is 1870. The summed E-state index contributed by atoms with van der Waals surface area (Å²) in [5.41, 5.74) is 5.01. The molecule has 0 aliphatic rings. The minimum absolute atomic E-state index is 0.00125. The maximum Gasteiger partial charge on any atom is 0.332 e. The van der Waals surface area contributed by atoms with E-state index in [4.69, 9.17) is 6.42 Å². The lowest BCUT2D eigenvalue weighted by Crippen LogP contribution is -2.13. The number of hydrogen-bond donors (Lipinski definition) is 1. The zero-order chi connectivity index (χ0) is 25.1. The number of terminal acetylenes is 1. The number of pyridine rings is 1. The first-order valence-electron chi connectivity index (χ1n) is 11.3. The van der Waals surface area contributed by atoms with Crippen LogP contribution >= 0.6 is 0 Å². The summed E-state index contributed by atoms with van der Waals surface area (Å²) < 4.78 is 38.8. The number of H-pyrrole nitrogens is 1. The highest BCUT2D eigenvalue weighted by Crippen LogP contribution is 2.34. The van der Waals surface area contributed by atoms with E-state index in [-0.39, 0.29) is 11.5 Å². The average Bonchev–Trinajstić information content (AvgIpc) is 3.21. The molecule has 0 unspecified atom stereocenters. The SMILES string of the molecule is C#Cc1ccc2c(c1)[nH]c1c2c(=O)c2cc(CC)c(-c3cccc(S(=O)(=O)F)c3)cc2n1C(C)C. The van der Waals surface area contributed by atoms with E-state index in [1.807, 2.05) is 51.1 Å². The molecule has 1 N–H and O–H groups in total. The summed E-state index contributed by atoms with van der Waals surface area (Å²) in [6.45, 7) is 6.03. The summed E-state index contributed by atoms with van der Waals surface area (Å²) in [6, 6.07) is 15.2. The number of nitrogens with one attached hydrogen (secondary N) is 1. The molecule has 35 heavy (non-hydrogen) atoms. The number of aryl methyl sites for hydroxylation is 1. The molecule has 0 amide bonds. The molecule has 5 aromatic rings. The predicted octanol–water partition coefficient (Wildman–Crippen LogP) is 6.09. The Morgan fingerprint density at radius 1 is 1.09 bits per heavy atom. The Morgan fingerprint density at radius 3 is 2.51 bits per heavy atom. The molecule has 5 rings (SSSR count). The van der Waals surface area contributed by atoms with Gasteiger partial charge in [-0.2, -0.15) is 8.42 Å². The molecule has 3 aromatic carbocycles. The van der Waals surface area contributed by atoms with Crippen molar-refractivity contribution in [1.29, 1.82) is 0 Å². The first kappa shape index (κ1) is 22.9. The Morgan fingerprint density at radius 2 is 1.86 bits per heavy atom. The zero-order valence-corrected chi connectivity index (χ0v) is 20.3. The van der Waals surface area contributed by atoms with E-state index in [0.717, 1.165) is 27.6 Å². The van der Waals surface area contributed by atoms with E-state index < -0.39 is 15.1 Å². The smallest absolute Gasteiger partial charge is 0.332 e. The second-order valence-corrected chi connectivity index (χ2v) is 10.2. The molecule has 0 atom stereocenters. The Labute approximate surface area is 202 Å². The van der Waals surface area contributed by atoms with Gasteiger partial charge in [-0.3, -0.25) is 4.79 Å². The van der Waals surface area contributed by atoms with Gasteiger partial charge in [0, 0.05) is 27.9 Å². The van der Waals surface area contributed by atoms with Crippen LogP contribution in [-0.4, -0.2) is 18.0 Å². The van der Waals surface area contributed by atoms with Crippen LogP contribution in [0.2, 0.25) is 0 Å². The predicted molar refractivity (Wildman–Crippen MR) is 139 cm³/mol. The van der Waals surface area contributed by atoms with Gasteiger partial charge in [-0.15, -0.1) is 10.3 Å². The molecule has 176 valence electrons. The molecule has 0 radical (unpaired) electrons. The molecule has 2 aromatic heterocycles. The number of aromatic nitrogens is 2. The monoisotopic (exact) mass is 486 g/mol. The fourth-order valence-electron chi connectivity index (χ4n) is 4.87. The van der Waals surface area contributed by atoms with E-state index >= 15 is 0 Å². The summed E-state index contributed by atoms with van der Waals surface area (Å²) in [5, 5.41) is 1.98. The molecular formula is C28H23FN2O3S. The summed E-state index contributed by atoms with van der Waals surface area (Å²) in [7, 11) is -4.85. The number of rotatable bonds is 4. The van der Waals surface area contributed by atoms with Crippen molar-refractivity contribution in [2.24, 2.45) is 0 Å². The molecule has 0 aliphatic heterocycles. The lowest BCUT2D eigenvalue weighted by atomic mass is 9.95. The van der Waals surface area contributed by atoms with Gasteiger partial charge in [0.2, 0.25) is 0 Å². The van der Waals surface area contributed by atoms with E-state index in [1.54, 1.807) is 6.07 Å². The Kier molecular flexibility index (Phi) is 5.30. The van der Waals surface area contributed by atoms with Gasteiger partial charge in [0.15, 0.2) is 5.43 Å². The maximum absolute atomic E-state index is 13.8. The first-order valence-corrected chi connectivity index (χ1v) is 12.7. The van der Waals surface area contributed by atoms with Crippen molar-refractivity contribution in [2.45, 2.75) is 38.1 Å². The van der Waals surface area contributed by atoms with Gasteiger partial charge in [0.25, 0.3) is 0 Å². The molecule has 5 nitrogen and oxygen atoms in total. The Hall–Kier alpha value is -3.89. The molecular weight excluding hydrogens is 463 g/mol. The van der Waals surface area contributed by atoms with Crippen LogP contribution in [0.5, 0.6) is 0 Å². The van der Waals surface area contributed by atoms with Crippen molar-refractivity contribution in [1.82, 2.24) is 9.55 Å². The van der Waals surface area contributed by atoms with E-state index in [2.05, 4.69) is 15.5 Å². The highest BCUT2D eigenvalue weighted by molar-refractivity contribution is 7.86. The fourth-order valence-corrected chi connectivity index (χ4v) is 5.37. The van der Waals surface area contributed by atoms with Gasteiger partial charge >= 0.3 is 10.2 Å². The lowest BCUT2D eigenvalue weighted by Gasteiger charge is -2.19. The third-order valence-electron chi connectivity index (χ3n) is 6.46. The highest BCUT2D eigenvalue weighted by Gasteiger charge is 2.20. The quantitative estimate of drug-likeness (QED) is 0.247. The molecule has 2 heterocycles. The number of benzene rings is 3. The highest BCUT2D eigenvalue weighted by atomic mass is 32.3. The second-order valence-electron chi connectivity index (χ2n) is 8.89. The van der Waals surface area contributed by atoms with Crippen LogP contribution in [0.25, 0.3) is 44.0 Å². The summed E-state index contributed by atoms with van der Waals surface area (Å²) >= 11 is 0. The number of fused-ring (bicyclic) bond motifs is 4. The molecule has 0 spiro atoms. The van der Waals surface area contributed by atoms with E-state index in [9.17, 15) is 17.1 Å². The molecule has 7 heteroatoms. The standard InChI is InChI=1S/C28H23FN2O3S/c1-5-17-10-11-21-24(12-17)30-28-26(21)27(32)23-14-18(6-2)22(15-25(23)31(28)16(3)4)19-8-7-9-20(13-19)35(29,33)34/h1,7-16,30H,6H2,2-4H3. The van der Waals surface area contributed by atoms with Crippen LogP contribution in [0.3, 0.4) is 0 Å². The van der Waals surface area contributed by atoms with Crippen LogP contribution in [0, 0.1) is 12.3 Å². The van der Waals surface area contributed by atoms with Gasteiger partial charge < -0.3 is 9.55 Å². The zero-order valence-electron chi connectivity index (χ0n) is 19.5. The molecule has 0 aliphatic carbocycles. The average molecular weight is 487 g/mol. The maximum atomic E-state index is 13.8. The lowest BCUT2D eigenvalue weighted by molar-refractivity contribution is 0.552. The van der Waals surface area contributed by atoms with Crippen molar-refractivity contribution in [3.05, 3.63) is 75.9 Å². The van der Waals surface area contributed by atoms with Crippen LogP contribution < -0.4 is 5.43 Å². The molecule has 0 saturated carbocycles. The van der Waals surface area contributed by atoms with Gasteiger partial charge in [-0.25, -0.2) is 0 Å². The van der Waals surface area contributed by atoms with Crippen LogP contribution in [-0.2, 0) is 16.6 Å². The van der Waals surface area contributed by atoms with Gasteiger partial charge in [0.05, 0.1) is 15.8 Å². The Balaban J connectivity index is 1.93. The normalized spacial score (nSPS) is 12.1. The second kappa shape index (κ2) is 8.10. The fraction of sp³-hybridized carbons (Fsp3) is 0.179.